The fourth-order valence-electron chi connectivity index (χ4n) is 3.52. The monoisotopic (exact) mass is 406 g/mol. The third-order valence-electron chi connectivity index (χ3n) is 5.12. The molecule has 4 aromatic rings. The summed E-state index contributed by atoms with van der Waals surface area (Å²) in [5, 5.41) is 6.05. The second-order valence-electron chi connectivity index (χ2n) is 7.37. The highest BCUT2D eigenvalue weighted by atomic mass is 16.4. The quantitative estimate of drug-likeness (QED) is 0.429. The average molecular weight is 406 g/mol. The molecule has 0 saturated heterocycles. The number of oxazole rings is 1. The van der Waals surface area contributed by atoms with Crippen molar-refractivity contribution in [2.24, 2.45) is 7.05 Å². The lowest BCUT2D eigenvalue weighted by molar-refractivity contribution is -0.121. The molecule has 0 saturated carbocycles. The van der Waals surface area contributed by atoms with Crippen LogP contribution in [0.15, 0.2) is 35.0 Å². The first-order chi connectivity index (χ1) is 14.6. The maximum absolute atomic E-state index is 12.0. The maximum atomic E-state index is 12.0. The van der Waals surface area contributed by atoms with E-state index in [-0.39, 0.29) is 5.91 Å². The van der Waals surface area contributed by atoms with Gasteiger partial charge in [-0.15, -0.1) is 0 Å². The molecule has 0 aliphatic heterocycles. The van der Waals surface area contributed by atoms with Crippen LogP contribution in [0.25, 0.3) is 33.7 Å². The zero-order valence-electron chi connectivity index (χ0n) is 17.5. The molecule has 1 aromatic carbocycles. The topological polar surface area (TPSA) is 97.9 Å². The summed E-state index contributed by atoms with van der Waals surface area (Å²) in [6.45, 7) is 2.61. The molecule has 8 nitrogen and oxygen atoms in total. The van der Waals surface area contributed by atoms with E-state index in [0.29, 0.717) is 35.9 Å². The van der Waals surface area contributed by atoms with Gasteiger partial charge < -0.3 is 19.6 Å². The van der Waals surface area contributed by atoms with Crippen molar-refractivity contribution >= 4 is 34.0 Å². The van der Waals surface area contributed by atoms with Gasteiger partial charge in [-0.2, -0.15) is 4.98 Å². The minimum atomic E-state index is 0.0816. The van der Waals surface area contributed by atoms with Gasteiger partial charge in [-0.1, -0.05) is 31.9 Å². The molecule has 0 fully saturated rings. The van der Waals surface area contributed by atoms with Crippen molar-refractivity contribution in [3.05, 3.63) is 36.2 Å². The highest BCUT2D eigenvalue weighted by Gasteiger charge is 2.18. The van der Waals surface area contributed by atoms with E-state index < -0.39 is 0 Å². The van der Waals surface area contributed by atoms with E-state index in [1.807, 2.05) is 35.9 Å². The number of nitrogens with one attached hydrogen (secondary N) is 2. The van der Waals surface area contributed by atoms with Gasteiger partial charge in [0.1, 0.15) is 11.0 Å². The van der Waals surface area contributed by atoms with E-state index in [4.69, 9.17) is 9.40 Å². The van der Waals surface area contributed by atoms with E-state index in [0.717, 1.165) is 41.4 Å². The number of rotatable bonds is 8. The van der Waals surface area contributed by atoms with Crippen molar-refractivity contribution in [1.82, 2.24) is 24.8 Å². The summed E-state index contributed by atoms with van der Waals surface area (Å²) in [5.41, 5.74) is 4.59. The average Bonchev–Trinajstić information content (AvgIpc) is 3.35. The van der Waals surface area contributed by atoms with Crippen molar-refractivity contribution < 1.29 is 9.21 Å². The molecule has 8 heteroatoms. The highest BCUT2D eigenvalue weighted by Crippen LogP contribution is 2.31. The molecule has 4 rings (SSSR count). The molecule has 2 N–H and O–H groups in total. The van der Waals surface area contributed by atoms with Crippen molar-refractivity contribution in [1.29, 1.82) is 0 Å². The predicted octanol–water partition coefficient (Wildman–Crippen LogP) is 4.01. The molecule has 30 heavy (non-hydrogen) atoms. The molecule has 0 atom stereocenters. The van der Waals surface area contributed by atoms with Crippen LogP contribution in [0.5, 0.6) is 0 Å². The molecular formula is C22H26N6O2. The zero-order valence-corrected chi connectivity index (χ0v) is 17.5. The zero-order chi connectivity index (χ0) is 21.1. The van der Waals surface area contributed by atoms with E-state index in [1.165, 1.54) is 0 Å². The number of imidazole rings is 1. The summed E-state index contributed by atoms with van der Waals surface area (Å²) in [5.74, 6) is 1.22. The van der Waals surface area contributed by atoms with Crippen molar-refractivity contribution in [3.8, 4) is 11.5 Å². The van der Waals surface area contributed by atoms with Crippen LogP contribution in [0, 0.1) is 0 Å². The van der Waals surface area contributed by atoms with Gasteiger partial charge in [0.2, 0.25) is 11.8 Å². The third kappa shape index (κ3) is 3.85. The Morgan fingerprint density at radius 2 is 2.07 bits per heavy atom. The van der Waals surface area contributed by atoms with E-state index >= 15 is 0 Å². The Balaban J connectivity index is 1.60. The van der Waals surface area contributed by atoms with Crippen molar-refractivity contribution in [2.75, 3.05) is 12.4 Å². The van der Waals surface area contributed by atoms with Crippen LogP contribution in [0.2, 0.25) is 0 Å². The number of carbonyl (C=O) groups is 1. The first-order valence-electron chi connectivity index (χ1n) is 10.3. The van der Waals surface area contributed by atoms with Gasteiger partial charge in [0, 0.05) is 32.6 Å². The lowest BCUT2D eigenvalue weighted by Gasteiger charge is -2.06. The number of nitrogens with zero attached hydrogens (tertiary/aromatic N) is 4. The van der Waals surface area contributed by atoms with Crippen LogP contribution in [0.1, 0.15) is 38.2 Å². The first kappa shape index (κ1) is 19.9. The van der Waals surface area contributed by atoms with Gasteiger partial charge in [0.25, 0.3) is 5.71 Å². The van der Waals surface area contributed by atoms with Gasteiger partial charge in [-0.3, -0.25) is 4.79 Å². The molecule has 3 heterocycles. The van der Waals surface area contributed by atoms with Crippen molar-refractivity contribution in [2.45, 2.75) is 39.2 Å². The molecule has 0 spiro atoms. The number of carbonyl (C=O) groups excluding carboxylic acids is 1. The molecule has 3 aromatic heterocycles. The van der Waals surface area contributed by atoms with E-state index in [1.54, 1.807) is 13.4 Å². The molecule has 0 bridgehead atoms. The van der Waals surface area contributed by atoms with Crippen LogP contribution in [-0.4, -0.2) is 32.5 Å². The third-order valence-corrected chi connectivity index (χ3v) is 5.12. The number of fused-ring (bicyclic) bond motifs is 3. The fraction of sp³-hybridized carbons (Fsp3) is 0.364. The number of hydrogen-bond acceptors (Lipinski definition) is 6. The SMILES string of the molecule is CCCCCC(=O)NCc1cccc(-c2nc3c(nc(NC)c4ncn(C)c43)o2)c1. The summed E-state index contributed by atoms with van der Waals surface area (Å²) in [6, 6.07) is 7.84. The number of amides is 1. The largest absolute Gasteiger partial charge is 0.418 e. The predicted molar refractivity (Wildman–Crippen MR) is 117 cm³/mol. The molecule has 0 radical (unpaired) electrons. The van der Waals surface area contributed by atoms with Crippen molar-refractivity contribution in [3.63, 3.8) is 0 Å². The van der Waals surface area contributed by atoms with E-state index in [2.05, 4.69) is 27.5 Å². The van der Waals surface area contributed by atoms with Gasteiger partial charge in [-0.25, -0.2) is 9.97 Å². The van der Waals surface area contributed by atoms with Crippen LogP contribution < -0.4 is 10.6 Å². The highest BCUT2D eigenvalue weighted by molar-refractivity contribution is 6.03. The first-order valence-corrected chi connectivity index (χ1v) is 10.3. The fourth-order valence-corrected chi connectivity index (χ4v) is 3.52. The number of anilines is 1. The standard InChI is InChI=1S/C22H26N6O2/c1-4-5-6-10-16(29)24-12-14-8-7-9-15(11-14)21-26-18-19-17(25-13-28(19)3)20(23-2)27-22(18)30-21/h7-9,11,13H,4-6,10,12H2,1-3H3,(H,23,27)(H,24,29). The van der Waals surface area contributed by atoms with Gasteiger partial charge in [0.05, 0.1) is 6.33 Å². The minimum absolute atomic E-state index is 0.0816. The van der Waals surface area contributed by atoms with E-state index in [9.17, 15) is 4.79 Å². The maximum Gasteiger partial charge on any atom is 0.251 e. The van der Waals surface area contributed by atoms with Crippen LogP contribution >= 0.6 is 0 Å². The van der Waals surface area contributed by atoms with Gasteiger partial charge in [0.15, 0.2) is 11.3 Å². The lowest BCUT2D eigenvalue weighted by atomic mass is 10.1. The number of pyridine rings is 1. The summed E-state index contributed by atoms with van der Waals surface area (Å²) in [7, 11) is 3.73. The Bertz CT molecular complexity index is 1190. The van der Waals surface area contributed by atoms with Crippen LogP contribution in [0.4, 0.5) is 5.82 Å². The molecule has 1 amide bonds. The molecule has 0 aliphatic rings. The molecule has 156 valence electrons. The Hall–Kier alpha value is -3.42. The number of aromatic nitrogens is 4. The van der Waals surface area contributed by atoms with Crippen LogP contribution in [-0.2, 0) is 18.4 Å². The van der Waals surface area contributed by atoms with Gasteiger partial charge >= 0.3 is 0 Å². The molecular weight excluding hydrogens is 380 g/mol. The Morgan fingerprint density at radius 3 is 2.87 bits per heavy atom. The second-order valence-corrected chi connectivity index (χ2v) is 7.37. The second kappa shape index (κ2) is 8.52. The molecule has 0 unspecified atom stereocenters. The Labute approximate surface area is 174 Å². The summed E-state index contributed by atoms with van der Waals surface area (Å²) in [4.78, 5) is 25.6. The summed E-state index contributed by atoms with van der Waals surface area (Å²) in [6.07, 6.45) is 5.42. The molecule has 0 aliphatic carbocycles. The number of benzene rings is 1. The lowest BCUT2D eigenvalue weighted by Crippen LogP contribution is -2.22. The Morgan fingerprint density at radius 1 is 1.20 bits per heavy atom. The van der Waals surface area contributed by atoms with Gasteiger partial charge in [-0.05, 0) is 24.1 Å². The number of unbranched alkanes of at least 4 members (excludes halogenated alkanes) is 2. The summed E-state index contributed by atoms with van der Waals surface area (Å²) >= 11 is 0. The number of aryl methyl sites for hydroxylation is 1. The smallest absolute Gasteiger partial charge is 0.251 e. The minimum Gasteiger partial charge on any atom is -0.418 e. The normalized spacial score (nSPS) is 11.3. The van der Waals surface area contributed by atoms with Crippen LogP contribution in [0.3, 0.4) is 0 Å². The number of hydrogen-bond donors (Lipinski definition) is 2. The Kier molecular flexibility index (Phi) is 5.65. The summed E-state index contributed by atoms with van der Waals surface area (Å²) < 4.78 is 7.90.